The van der Waals surface area contributed by atoms with Gasteiger partial charge in [-0.15, -0.1) is 0 Å². The van der Waals surface area contributed by atoms with Crippen LogP contribution in [0.4, 0.5) is 0 Å². The predicted molar refractivity (Wildman–Crippen MR) is 60.0 cm³/mol. The van der Waals surface area contributed by atoms with Crippen molar-refractivity contribution in [1.29, 1.82) is 0 Å². The van der Waals surface area contributed by atoms with Gasteiger partial charge in [-0.05, 0) is 28.2 Å². The Morgan fingerprint density at radius 3 is 2.87 bits per heavy atom. The molecule has 0 saturated heterocycles. The van der Waals surface area contributed by atoms with E-state index < -0.39 is 0 Å². The Bertz CT molecular complexity index is 633. The van der Waals surface area contributed by atoms with E-state index in [0.29, 0.717) is 5.71 Å². The largest absolute Gasteiger partial charge is 0.410 e. The fourth-order valence-corrected chi connectivity index (χ4v) is 2.07. The van der Waals surface area contributed by atoms with Crippen LogP contribution in [0.15, 0.2) is 53.2 Å². The van der Waals surface area contributed by atoms with Crippen molar-refractivity contribution < 1.29 is 5.21 Å². The Morgan fingerprint density at radius 2 is 2.00 bits per heavy atom. The smallest absolute Gasteiger partial charge is 0.111 e. The summed E-state index contributed by atoms with van der Waals surface area (Å²) in [5, 5.41) is 14.6. The lowest BCUT2D eigenvalue weighted by Gasteiger charge is -2.07. The standard InChI is InChI=1S/C13H9NO/c15-14-12-7-3-5-10-8-9-4-1-2-6-11(9)13(10)12/h1-8,15H. The minimum Gasteiger partial charge on any atom is -0.410 e. The summed E-state index contributed by atoms with van der Waals surface area (Å²) in [5.41, 5.74) is 2.77. The maximum absolute atomic E-state index is 8.94. The van der Waals surface area contributed by atoms with E-state index in [1.807, 2.05) is 36.4 Å². The number of benzene rings is 1. The Morgan fingerprint density at radius 1 is 1.13 bits per heavy atom. The van der Waals surface area contributed by atoms with E-state index in [1.165, 1.54) is 5.22 Å². The number of oxime groups is 1. The zero-order valence-electron chi connectivity index (χ0n) is 8.01. The molecule has 0 amide bonds. The van der Waals surface area contributed by atoms with Crippen molar-refractivity contribution in [1.82, 2.24) is 0 Å². The van der Waals surface area contributed by atoms with Gasteiger partial charge in [-0.25, -0.2) is 0 Å². The molecule has 1 N–H and O–H groups in total. The molecule has 0 radical (unpaired) electrons. The summed E-state index contributed by atoms with van der Waals surface area (Å²) in [4.78, 5) is 0. The van der Waals surface area contributed by atoms with Crippen LogP contribution < -0.4 is 10.4 Å². The van der Waals surface area contributed by atoms with Crippen molar-refractivity contribution in [3.63, 3.8) is 0 Å². The quantitative estimate of drug-likeness (QED) is 0.485. The number of fused-ring (bicyclic) bond motifs is 2. The van der Waals surface area contributed by atoms with Crippen LogP contribution in [0, 0.1) is 0 Å². The predicted octanol–water partition coefficient (Wildman–Crippen LogP) is 0.958. The molecule has 0 aliphatic heterocycles. The summed E-state index contributed by atoms with van der Waals surface area (Å²) in [7, 11) is 0. The van der Waals surface area contributed by atoms with E-state index in [2.05, 4.69) is 17.3 Å². The molecule has 0 aromatic heterocycles. The molecule has 1 aromatic carbocycles. The average Bonchev–Trinajstić information content (AvgIpc) is 2.67. The molecule has 0 heterocycles. The van der Waals surface area contributed by atoms with E-state index >= 15 is 0 Å². The molecule has 0 fully saturated rings. The van der Waals surface area contributed by atoms with Crippen LogP contribution in [0.25, 0.3) is 11.6 Å². The van der Waals surface area contributed by atoms with Crippen LogP contribution in [-0.4, -0.2) is 10.9 Å². The Labute approximate surface area is 86.9 Å². The summed E-state index contributed by atoms with van der Waals surface area (Å²) >= 11 is 0. The number of allylic oxidation sites excluding steroid dienone is 4. The zero-order valence-corrected chi connectivity index (χ0v) is 8.01. The van der Waals surface area contributed by atoms with Crippen molar-refractivity contribution in [3.05, 3.63) is 58.5 Å². The van der Waals surface area contributed by atoms with Gasteiger partial charge in [0.1, 0.15) is 5.71 Å². The fraction of sp³-hybridized carbons (Fsp3) is 0. The average molecular weight is 195 g/mol. The van der Waals surface area contributed by atoms with Gasteiger partial charge in [0.25, 0.3) is 0 Å². The lowest BCUT2D eigenvalue weighted by atomic mass is 9.98. The molecule has 1 aromatic rings. The third kappa shape index (κ3) is 1.08. The summed E-state index contributed by atoms with van der Waals surface area (Å²) < 4.78 is 0. The van der Waals surface area contributed by atoms with E-state index in [-0.39, 0.29) is 0 Å². The van der Waals surface area contributed by atoms with E-state index in [4.69, 9.17) is 5.21 Å². The van der Waals surface area contributed by atoms with Gasteiger partial charge >= 0.3 is 0 Å². The van der Waals surface area contributed by atoms with Gasteiger partial charge in [0.2, 0.25) is 0 Å². The molecular weight excluding hydrogens is 186 g/mol. The van der Waals surface area contributed by atoms with Gasteiger partial charge in [0.05, 0.1) is 0 Å². The molecule has 72 valence electrons. The second kappa shape index (κ2) is 2.95. The maximum Gasteiger partial charge on any atom is 0.111 e. The normalized spacial score (nSPS) is 19.6. The van der Waals surface area contributed by atoms with Crippen LogP contribution in [0.5, 0.6) is 0 Å². The summed E-state index contributed by atoms with van der Waals surface area (Å²) in [6.07, 6.45) is 7.86. The van der Waals surface area contributed by atoms with Crippen LogP contribution >= 0.6 is 0 Å². The van der Waals surface area contributed by atoms with E-state index in [1.54, 1.807) is 0 Å². The molecule has 2 aliphatic rings. The molecule has 2 aliphatic carbocycles. The first-order valence-corrected chi connectivity index (χ1v) is 4.82. The highest BCUT2D eigenvalue weighted by atomic mass is 16.4. The first-order valence-electron chi connectivity index (χ1n) is 4.82. The van der Waals surface area contributed by atoms with Crippen LogP contribution in [0.3, 0.4) is 0 Å². The maximum atomic E-state index is 8.94. The van der Waals surface area contributed by atoms with Crippen molar-refractivity contribution in [3.8, 4) is 0 Å². The molecule has 0 saturated carbocycles. The van der Waals surface area contributed by atoms with Crippen molar-refractivity contribution in [2.24, 2.45) is 5.16 Å². The first kappa shape index (κ1) is 8.24. The van der Waals surface area contributed by atoms with Crippen molar-refractivity contribution in [2.75, 3.05) is 0 Å². The molecule has 15 heavy (non-hydrogen) atoms. The minimum absolute atomic E-state index is 0.633. The monoisotopic (exact) mass is 195 g/mol. The molecule has 0 atom stereocenters. The van der Waals surface area contributed by atoms with Gasteiger partial charge in [-0.2, -0.15) is 0 Å². The molecular formula is C13H9NO. The summed E-state index contributed by atoms with van der Waals surface area (Å²) in [5.74, 6) is 0. The number of nitrogens with zero attached hydrogens (tertiary/aromatic N) is 1. The van der Waals surface area contributed by atoms with Gasteiger partial charge < -0.3 is 5.21 Å². The molecule has 2 nitrogen and oxygen atoms in total. The zero-order chi connectivity index (χ0) is 10.3. The van der Waals surface area contributed by atoms with E-state index in [9.17, 15) is 0 Å². The second-order valence-corrected chi connectivity index (χ2v) is 3.57. The van der Waals surface area contributed by atoms with Crippen molar-refractivity contribution >= 4 is 17.4 Å². The molecule has 3 rings (SSSR count). The summed E-state index contributed by atoms with van der Waals surface area (Å²) in [6.45, 7) is 0. The Kier molecular flexibility index (Phi) is 1.62. The highest BCUT2D eigenvalue weighted by molar-refractivity contribution is 6.32. The van der Waals surface area contributed by atoms with Gasteiger partial charge in [0, 0.05) is 5.57 Å². The summed E-state index contributed by atoms with van der Waals surface area (Å²) in [6, 6.07) is 8.12. The number of hydrogen-bond donors (Lipinski definition) is 1. The SMILES string of the molecule is ON=C1C=CC=C2C=c3ccccc3=C21. The Balaban J connectivity index is 2.47. The van der Waals surface area contributed by atoms with Gasteiger partial charge in [-0.3, -0.25) is 0 Å². The van der Waals surface area contributed by atoms with Crippen LogP contribution in [0.2, 0.25) is 0 Å². The third-order valence-electron chi connectivity index (χ3n) is 2.72. The highest BCUT2D eigenvalue weighted by Crippen LogP contribution is 2.20. The first-order chi connectivity index (χ1) is 7.40. The second-order valence-electron chi connectivity index (χ2n) is 3.57. The fourth-order valence-electron chi connectivity index (χ4n) is 2.07. The lowest BCUT2D eigenvalue weighted by Crippen LogP contribution is -2.24. The Hall–Kier alpha value is -2.09. The van der Waals surface area contributed by atoms with Crippen LogP contribution in [0.1, 0.15) is 0 Å². The highest BCUT2D eigenvalue weighted by Gasteiger charge is 2.17. The van der Waals surface area contributed by atoms with Crippen LogP contribution in [-0.2, 0) is 0 Å². The van der Waals surface area contributed by atoms with Gasteiger partial charge in [0.15, 0.2) is 0 Å². The van der Waals surface area contributed by atoms with E-state index in [0.717, 1.165) is 16.4 Å². The lowest BCUT2D eigenvalue weighted by molar-refractivity contribution is 0.320. The number of rotatable bonds is 0. The molecule has 0 spiro atoms. The molecule has 2 heteroatoms. The third-order valence-corrected chi connectivity index (χ3v) is 2.72. The minimum atomic E-state index is 0.633. The topological polar surface area (TPSA) is 32.6 Å². The molecule has 0 unspecified atom stereocenters. The van der Waals surface area contributed by atoms with Crippen molar-refractivity contribution in [2.45, 2.75) is 0 Å². The molecule has 0 bridgehead atoms. The number of hydrogen-bond acceptors (Lipinski definition) is 2. The van der Waals surface area contributed by atoms with Gasteiger partial charge in [-0.1, -0.05) is 41.6 Å².